The number of primary amides is 1. The minimum Gasteiger partial charge on any atom is -0.391 e. The van der Waals surface area contributed by atoms with Gasteiger partial charge in [0.25, 0.3) is 0 Å². The lowest BCUT2D eigenvalue weighted by Crippen LogP contribution is -2.29. The lowest BCUT2D eigenvalue weighted by atomic mass is 9.85. The number of aliphatic hydroxyl groups excluding tert-OH is 1. The number of nitrogens with two attached hydrogens (primary N) is 1. The number of anilines is 3. The van der Waals surface area contributed by atoms with Gasteiger partial charge in [-0.15, -0.1) is 0 Å². The summed E-state index contributed by atoms with van der Waals surface area (Å²) in [6.45, 7) is 0. The third kappa shape index (κ3) is 4.52. The van der Waals surface area contributed by atoms with Gasteiger partial charge in [0.2, 0.25) is 17.8 Å². The summed E-state index contributed by atoms with van der Waals surface area (Å²) in [4.78, 5) is 25.4. The van der Waals surface area contributed by atoms with E-state index in [4.69, 9.17) is 22.3 Å². The summed E-state index contributed by atoms with van der Waals surface area (Å²) in [5, 5.41) is 16.9. The van der Waals surface area contributed by atoms with E-state index in [1.165, 1.54) is 18.2 Å². The quantitative estimate of drug-likeness (QED) is 0.414. The average molecular weight is 488 g/mol. The van der Waals surface area contributed by atoms with Gasteiger partial charge in [-0.3, -0.25) is 9.36 Å². The molecular formula is C23H27ClFN7O2. The number of rotatable bonds is 6. The van der Waals surface area contributed by atoms with Crippen LogP contribution in [0.1, 0.15) is 51.0 Å². The number of benzene rings is 1. The van der Waals surface area contributed by atoms with Crippen LogP contribution in [0.25, 0.3) is 11.2 Å². The largest absolute Gasteiger partial charge is 0.391 e. The van der Waals surface area contributed by atoms with Gasteiger partial charge in [-0.1, -0.05) is 11.6 Å². The van der Waals surface area contributed by atoms with Crippen molar-refractivity contribution >= 4 is 46.3 Å². The second-order valence-electron chi connectivity index (χ2n) is 9.11. The molecule has 1 unspecified atom stereocenters. The molecule has 2 saturated carbocycles. The molecule has 5 N–H and O–H groups in total. The first-order valence-corrected chi connectivity index (χ1v) is 12.0. The van der Waals surface area contributed by atoms with Crippen molar-refractivity contribution in [2.75, 3.05) is 10.6 Å². The van der Waals surface area contributed by atoms with E-state index in [-0.39, 0.29) is 29.6 Å². The Morgan fingerprint density at radius 1 is 1.18 bits per heavy atom. The van der Waals surface area contributed by atoms with Crippen LogP contribution in [-0.2, 0) is 4.79 Å². The molecule has 0 radical (unpaired) electrons. The highest BCUT2D eigenvalue weighted by atomic mass is 35.5. The van der Waals surface area contributed by atoms with Crippen LogP contribution in [0.15, 0.2) is 24.4 Å². The van der Waals surface area contributed by atoms with Crippen LogP contribution in [0.5, 0.6) is 0 Å². The Labute approximate surface area is 200 Å². The number of carbonyl (C=O) groups is 1. The van der Waals surface area contributed by atoms with Crippen molar-refractivity contribution in [2.45, 2.75) is 63.1 Å². The van der Waals surface area contributed by atoms with Crippen molar-refractivity contribution < 1.29 is 14.3 Å². The number of aromatic nitrogens is 4. The molecule has 2 fully saturated rings. The van der Waals surface area contributed by atoms with Crippen molar-refractivity contribution in [3.8, 4) is 0 Å². The number of imidazole rings is 1. The van der Waals surface area contributed by atoms with Crippen LogP contribution in [-0.4, -0.2) is 42.7 Å². The molecule has 1 amide bonds. The Kier molecular flexibility index (Phi) is 6.26. The molecule has 0 spiro atoms. The third-order valence-corrected chi connectivity index (χ3v) is 7.10. The summed E-state index contributed by atoms with van der Waals surface area (Å²) in [5.74, 6) is -0.0539. The number of hydrogen-bond donors (Lipinski definition) is 4. The van der Waals surface area contributed by atoms with Crippen LogP contribution in [0.3, 0.4) is 0 Å². The van der Waals surface area contributed by atoms with Gasteiger partial charge < -0.3 is 21.5 Å². The Hall–Kier alpha value is -2.98. The fraction of sp³-hybridized carbons (Fsp3) is 0.478. The monoisotopic (exact) mass is 487 g/mol. The molecule has 0 aliphatic heterocycles. The molecule has 0 saturated heterocycles. The molecule has 180 valence electrons. The van der Waals surface area contributed by atoms with Gasteiger partial charge in [-0.2, -0.15) is 4.98 Å². The lowest BCUT2D eigenvalue weighted by Gasteiger charge is -2.29. The zero-order chi connectivity index (χ0) is 23.8. The highest BCUT2D eigenvalue weighted by Gasteiger charge is 2.30. The molecule has 9 nitrogen and oxygen atoms in total. The second kappa shape index (κ2) is 9.34. The minimum atomic E-state index is -0.455. The van der Waals surface area contributed by atoms with E-state index >= 15 is 0 Å². The predicted molar refractivity (Wildman–Crippen MR) is 127 cm³/mol. The number of aliphatic hydroxyl groups is 1. The summed E-state index contributed by atoms with van der Waals surface area (Å²) >= 11 is 6.08. The summed E-state index contributed by atoms with van der Waals surface area (Å²) in [5.41, 5.74) is 6.87. The van der Waals surface area contributed by atoms with Gasteiger partial charge >= 0.3 is 0 Å². The van der Waals surface area contributed by atoms with Crippen molar-refractivity contribution in [2.24, 2.45) is 11.7 Å². The topological polar surface area (TPSA) is 131 Å². The van der Waals surface area contributed by atoms with Crippen LogP contribution < -0.4 is 16.4 Å². The first-order valence-electron chi connectivity index (χ1n) is 11.6. The summed E-state index contributed by atoms with van der Waals surface area (Å²) < 4.78 is 16.4. The summed E-state index contributed by atoms with van der Waals surface area (Å²) in [6, 6.07) is 4.18. The minimum absolute atomic E-state index is 0.00911. The molecule has 5 rings (SSSR count). The summed E-state index contributed by atoms with van der Waals surface area (Å²) in [7, 11) is 0. The highest BCUT2D eigenvalue weighted by Crippen LogP contribution is 2.37. The molecular weight excluding hydrogens is 461 g/mol. The van der Waals surface area contributed by atoms with Gasteiger partial charge in [0.15, 0.2) is 5.65 Å². The molecule has 0 bridgehead atoms. The zero-order valence-corrected chi connectivity index (χ0v) is 19.3. The SMILES string of the molecule is NC(=O)C1CCC(n2c(Nc3cc(Cl)ccc3F)nc3cnc(NC4CCC[C@H]4O)nc32)CC1. The number of nitrogens with zero attached hydrogens (tertiary/aromatic N) is 4. The van der Waals surface area contributed by atoms with Gasteiger partial charge in [0.05, 0.1) is 24.0 Å². The molecule has 1 aromatic carbocycles. The number of hydrogen-bond acceptors (Lipinski definition) is 7. The summed E-state index contributed by atoms with van der Waals surface area (Å²) in [6.07, 6.45) is 6.47. The maximum Gasteiger partial charge on any atom is 0.225 e. The maximum absolute atomic E-state index is 14.5. The molecule has 2 atom stereocenters. The Balaban J connectivity index is 1.52. The van der Waals surface area contributed by atoms with Gasteiger partial charge in [0.1, 0.15) is 11.3 Å². The lowest BCUT2D eigenvalue weighted by molar-refractivity contribution is -0.122. The smallest absolute Gasteiger partial charge is 0.225 e. The highest BCUT2D eigenvalue weighted by molar-refractivity contribution is 6.30. The zero-order valence-electron chi connectivity index (χ0n) is 18.5. The van der Waals surface area contributed by atoms with Crippen molar-refractivity contribution in [1.82, 2.24) is 19.5 Å². The van der Waals surface area contributed by atoms with Gasteiger partial charge in [-0.25, -0.2) is 14.4 Å². The Bertz CT molecular complexity index is 1210. The molecule has 2 aliphatic carbocycles. The van der Waals surface area contributed by atoms with Crippen molar-refractivity contribution in [3.05, 3.63) is 35.2 Å². The molecule has 2 aromatic heterocycles. The normalized spacial score (nSPS) is 24.9. The van der Waals surface area contributed by atoms with Crippen molar-refractivity contribution in [3.63, 3.8) is 0 Å². The van der Waals surface area contributed by atoms with Crippen LogP contribution in [0.2, 0.25) is 5.02 Å². The number of halogens is 2. The number of carbonyl (C=O) groups excluding carboxylic acids is 1. The van der Waals surface area contributed by atoms with Crippen LogP contribution in [0, 0.1) is 11.7 Å². The molecule has 2 aliphatic rings. The molecule has 3 aromatic rings. The number of fused-ring (bicyclic) bond motifs is 1. The van der Waals surface area contributed by atoms with E-state index in [0.29, 0.717) is 53.8 Å². The van der Waals surface area contributed by atoms with E-state index in [2.05, 4.69) is 20.6 Å². The van der Waals surface area contributed by atoms with Crippen LogP contribution in [0.4, 0.5) is 22.0 Å². The van der Waals surface area contributed by atoms with Crippen LogP contribution >= 0.6 is 11.6 Å². The second-order valence-corrected chi connectivity index (χ2v) is 9.55. The molecule has 11 heteroatoms. The first-order chi connectivity index (χ1) is 16.4. The average Bonchev–Trinajstić information content (AvgIpc) is 3.38. The van der Waals surface area contributed by atoms with Gasteiger partial charge in [-0.05, 0) is 63.1 Å². The van der Waals surface area contributed by atoms with Gasteiger partial charge in [0, 0.05) is 17.0 Å². The van der Waals surface area contributed by atoms with E-state index < -0.39 is 11.9 Å². The standard InChI is InChI=1S/C23H27ClFN7O2/c24-13-6-9-15(25)17(10-13)29-23-30-18-11-27-22(28-16-2-1-3-19(16)33)31-21(18)32(23)14-7-4-12(5-8-14)20(26)34/h6,9-12,14,16,19,33H,1-5,7-8H2,(H2,26,34)(H,29,30)(H,27,28,31)/t12?,14?,16?,19-/m1/s1. The third-order valence-electron chi connectivity index (χ3n) is 6.87. The van der Waals surface area contributed by atoms with E-state index in [9.17, 15) is 14.3 Å². The number of nitrogens with one attached hydrogen (secondary N) is 2. The van der Waals surface area contributed by atoms with E-state index in [0.717, 1.165) is 19.3 Å². The predicted octanol–water partition coefficient (Wildman–Crippen LogP) is 3.90. The van der Waals surface area contributed by atoms with E-state index in [1.54, 1.807) is 6.20 Å². The number of amides is 1. The Morgan fingerprint density at radius 2 is 1.97 bits per heavy atom. The fourth-order valence-electron chi connectivity index (χ4n) is 5.00. The Morgan fingerprint density at radius 3 is 2.68 bits per heavy atom. The first kappa shape index (κ1) is 22.8. The fourth-order valence-corrected chi connectivity index (χ4v) is 5.17. The molecule has 2 heterocycles. The van der Waals surface area contributed by atoms with E-state index in [1.807, 2.05) is 4.57 Å². The molecule has 34 heavy (non-hydrogen) atoms. The maximum atomic E-state index is 14.5. The van der Waals surface area contributed by atoms with Crippen molar-refractivity contribution in [1.29, 1.82) is 0 Å².